The summed E-state index contributed by atoms with van der Waals surface area (Å²) in [4.78, 5) is 25.9. The number of esters is 1. The van der Waals surface area contributed by atoms with Gasteiger partial charge < -0.3 is 23.3 Å². The van der Waals surface area contributed by atoms with Gasteiger partial charge >= 0.3 is 5.97 Å². The summed E-state index contributed by atoms with van der Waals surface area (Å²) in [5.74, 6) is 1.23. The molecule has 8 heteroatoms. The molecular weight excluding hydrogens is 388 g/mol. The van der Waals surface area contributed by atoms with Gasteiger partial charge in [-0.15, -0.1) is 0 Å². The largest absolute Gasteiger partial charge is 0.496 e. The van der Waals surface area contributed by atoms with Gasteiger partial charge in [-0.25, -0.2) is 0 Å². The minimum atomic E-state index is -0.399. The van der Waals surface area contributed by atoms with Crippen LogP contribution in [0.5, 0.6) is 5.75 Å². The Bertz CT molecular complexity index is 964. The number of amides is 1. The summed E-state index contributed by atoms with van der Waals surface area (Å²) in [6.45, 7) is 2.48. The fourth-order valence-electron chi connectivity index (χ4n) is 2.98. The number of rotatable bonds is 10. The monoisotopic (exact) mass is 412 g/mol. The fraction of sp³-hybridized carbons (Fsp3) is 0.318. The Morgan fingerprint density at radius 2 is 1.93 bits per heavy atom. The zero-order valence-corrected chi connectivity index (χ0v) is 17.0. The fourth-order valence-corrected chi connectivity index (χ4v) is 2.98. The Balaban J connectivity index is 1.73. The summed E-state index contributed by atoms with van der Waals surface area (Å²) >= 11 is 0. The van der Waals surface area contributed by atoms with Crippen LogP contribution in [0.15, 0.2) is 57.7 Å². The summed E-state index contributed by atoms with van der Waals surface area (Å²) < 4.78 is 21.1. The number of hydrogen-bond donors (Lipinski definition) is 0. The van der Waals surface area contributed by atoms with Crippen molar-refractivity contribution in [2.24, 2.45) is 0 Å². The van der Waals surface area contributed by atoms with E-state index in [2.05, 4.69) is 5.16 Å². The first-order chi connectivity index (χ1) is 14.6. The van der Waals surface area contributed by atoms with Crippen molar-refractivity contribution in [3.63, 3.8) is 0 Å². The number of methoxy groups -OCH3 is 1. The molecule has 158 valence electrons. The Morgan fingerprint density at radius 1 is 1.10 bits per heavy atom. The Labute approximate surface area is 174 Å². The van der Waals surface area contributed by atoms with E-state index in [0.29, 0.717) is 23.0 Å². The van der Waals surface area contributed by atoms with Crippen LogP contribution < -0.4 is 4.74 Å². The zero-order chi connectivity index (χ0) is 21.3. The van der Waals surface area contributed by atoms with Crippen LogP contribution in [0.1, 0.15) is 31.2 Å². The number of nitrogens with zero attached hydrogens (tertiary/aromatic N) is 2. The van der Waals surface area contributed by atoms with Crippen molar-refractivity contribution in [2.45, 2.75) is 32.9 Å². The van der Waals surface area contributed by atoms with Crippen molar-refractivity contribution >= 4 is 11.9 Å². The first kappa shape index (κ1) is 21.2. The van der Waals surface area contributed by atoms with E-state index < -0.39 is 5.97 Å². The van der Waals surface area contributed by atoms with Crippen molar-refractivity contribution in [1.29, 1.82) is 0 Å². The van der Waals surface area contributed by atoms with E-state index in [9.17, 15) is 9.59 Å². The summed E-state index contributed by atoms with van der Waals surface area (Å²) in [6, 6.07) is 12.8. The van der Waals surface area contributed by atoms with Crippen LogP contribution in [0.4, 0.5) is 0 Å². The molecule has 0 saturated carbocycles. The Morgan fingerprint density at radius 3 is 2.67 bits per heavy atom. The molecule has 2 aromatic heterocycles. The molecule has 8 nitrogen and oxygen atoms in total. The van der Waals surface area contributed by atoms with Gasteiger partial charge in [-0.3, -0.25) is 9.59 Å². The number of carbonyl (C=O) groups is 2. The Kier molecular flexibility index (Phi) is 7.26. The summed E-state index contributed by atoms with van der Waals surface area (Å²) in [7, 11) is 1.59. The number of ether oxygens (including phenoxy) is 2. The lowest BCUT2D eigenvalue weighted by Crippen LogP contribution is -2.30. The van der Waals surface area contributed by atoms with E-state index in [-0.39, 0.29) is 38.4 Å². The standard InChI is InChI=1S/C22H24N2O6/c1-3-28-22(26)11-10-21(25)24(15-17-7-6-12-29-17)14-16-13-20(30-23-16)18-8-4-5-9-19(18)27-2/h4-9,12-13H,3,10-11,14-15H2,1-2H3. The highest BCUT2D eigenvalue weighted by molar-refractivity contribution is 5.81. The first-order valence-corrected chi connectivity index (χ1v) is 9.65. The molecule has 30 heavy (non-hydrogen) atoms. The first-order valence-electron chi connectivity index (χ1n) is 9.65. The van der Waals surface area contributed by atoms with E-state index in [1.54, 1.807) is 43.4 Å². The average molecular weight is 412 g/mol. The highest BCUT2D eigenvalue weighted by atomic mass is 16.5. The molecule has 0 aliphatic carbocycles. The lowest BCUT2D eigenvalue weighted by Gasteiger charge is -2.20. The SMILES string of the molecule is CCOC(=O)CCC(=O)N(Cc1cc(-c2ccccc2OC)on1)Cc1ccco1. The topological polar surface area (TPSA) is 95.0 Å². The summed E-state index contributed by atoms with van der Waals surface area (Å²) in [5.41, 5.74) is 1.34. The number of furan rings is 1. The van der Waals surface area contributed by atoms with E-state index >= 15 is 0 Å². The van der Waals surface area contributed by atoms with Gasteiger partial charge in [0, 0.05) is 12.5 Å². The van der Waals surface area contributed by atoms with E-state index in [4.69, 9.17) is 18.4 Å². The quantitative estimate of drug-likeness (QED) is 0.467. The number of benzene rings is 1. The number of para-hydroxylation sites is 1. The molecule has 0 aliphatic rings. The van der Waals surface area contributed by atoms with E-state index in [1.165, 1.54) is 0 Å². The lowest BCUT2D eigenvalue weighted by molar-refractivity contribution is -0.146. The summed E-state index contributed by atoms with van der Waals surface area (Å²) in [5, 5.41) is 4.10. The molecule has 0 saturated heterocycles. The van der Waals surface area contributed by atoms with Crippen molar-refractivity contribution < 1.29 is 28.0 Å². The van der Waals surface area contributed by atoms with E-state index in [0.717, 1.165) is 5.56 Å². The van der Waals surface area contributed by atoms with Crippen molar-refractivity contribution in [3.8, 4) is 17.1 Å². The molecule has 0 atom stereocenters. The molecule has 0 spiro atoms. The summed E-state index contributed by atoms with van der Waals surface area (Å²) in [6.07, 6.45) is 1.61. The normalized spacial score (nSPS) is 10.6. The van der Waals surface area contributed by atoms with Gasteiger partial charge in [-0.05, 0) is 31.2 Å². The zero-order valence-electron chi connectivity index (χ0n) is 17.0. The third-order valence-electron chi connectivity index (χ3n) is 4.41. The van der Waals surface area contributed by atoms with Crippen LogP contribution in [0.25, 0.3) is 11.3 Å². The molecule has 0 aliphatic heterocycles. The van der Waals surface area contributed by atoms with E-state index in [1.807, 2.05) is 24.3 Å². The lowest BCUT2D eigenvalue weighted by atomic mass is 10.1. The highest BCUT2D eigenvalue weighted by Gasteiger charge is 2.20. The van der Waals surface area contributed by atoms with Crippen LogP contribution in [0.3, 0.4) is 0 Å². The van der Waals surface area contributed by atoms with Crippen LogP contribution in [0.2, 0.25) is 0 Å². The van der Waals surface area contributed by atoms with Crippen LogP contribution >= 0.6 is 0 Å². The number of hydrogen-bond acceptors (Lipinski definition) is 7. The molecule has 0 fully saturated rings. The van der Waals surface area contributed by atoms with Gasteiger partial charge in [0.2, 0.25) is 5.91 Å². The molecule has 1 aromatic carbocycles. The third-order valence-corrected chi connectivity index (χ3v) is 4.41. The van der Waals surface area contributed by atoms with Crippen LogP contribution in [0, 0.1) is 0 Å². The molecule has 0 N–H and O–H groups in total. The minimum Gasteiger partial charge on any atom is -0.496 e. The van der Waals surface area contributed by atoms with Gasteiger partial charge in [0.15, 0.2) is 5.76 Å². The molecule has 0 radical (unpaired) electrons. The number of carbonyl (C=O) groups excluding carboxylic acids is 2. The third kappa shape index (κ3) is 5.50. The number of aromatic nitrogens is 1. The molecular formula is C22H24N2O6. The van der Waals surface area contributed by atoms with Crippen molar-refractivity contribution in [3.05, 3.63) is 60.2 Å². The second-order valence-corrected chi connectivity index (χ2v) is 6.52. The second-order valence-electron chi connectivity index (χ2n) is 6.52. The van der Waals surface area contributed by atoms with Gasteiger partial charge in [-0.2, -0.15) is 0 Å². The van der Waals surface area contributed by atoms with Gasteiger partial charge in [-0.1, -0.05) is 17.3 Å². The van der Waals surface area contributed by atoms with Gasteiger partial charge in [0.25, 0.3) is 0 Å². The smallest absolute Gasteiger partial charge is 0.306 e. The average Bonchev–Trinajstić information content (AvgIpc) is 3.44. The van der Waals surface area contributed by atoms with Crippen molar-refractivity contribution in [2.75, 3.05) is 13.7 Å². The predicted octanol–water partition coefficient (Wildman–Crippen LogP) is 3.82. The molecule has 3 rings (SSSR count). The molecule has 2 heterocycles. The molecule has 0 bridgehead atoms. The maximum absolute atomic E-state index is 12.8. The Hall–Kier alpha value is -3.55. The highest BCUT2D eigenvalue weighted by Crippen LogP contribution is 2.30. The molecule has 3 aromatic rings. The maximum atomic E-state index is 12.8. The van der Waals surface area contributed by atoms with Crippen LogP contribution in [-0.4, -0.2) is 35.6 Å². The van der Waals surface area contributed by atoms with Gasteiger partial charge in [0.1, 0.15) is 17.2 Å². The van der Waals surface area contributed by atoms with Gasteiger partial charge in [0.05, 0.1) is 45.1 Å². The predicted molar refractivity (Wildman–Crippen MR) is 107 cm³/mol. The van der Waals surface area contributed by atoms with Crippen molar-refractivity contribution in [1.82, 2.24) is 10.1 Å². The molecule has 0 unspecified atom stereocenters. The van der Waals surface area contributed by atoms with Crippen LogP contribution in [-0.2, 0) is 27.4 Å². The minimum absolute atomic E-state index is 0.0204. The maximum Gasteiger partial charge on any atom is 0.306 e. The second kappa shape index (κ2) is 10.3. The molecule has 1 amide bonds.